The highest BCUT2D eigenvalue weighted by atomic mass is 16.5. The fourth-order valence-electron chi connectivity index (χ4n) is 2.70. The molecule has 6 nitrogen and oxygen atoms in total. The van der Waals surface area contributed by atoms with Gasteiger partial charge in [0.2, 0.25) is 0 Å². The normalized spacial score (nSPS) is 18.6. The van der Waals surface area contributed by atoms with Gasteiger partial charge < -0.3 is 19.4 Å². The number of hydrogen-bond donors (Lipinski definition) is 1. The first-order valence-electron chi connectivity index (χ1n) is 7.62. The lowest BCUT2D eigenvalue weighted by Crippen LogP contribution is -2.44. The van der Waals surface area contributed by atoms with E-state index in [0.717, 1.165) is 0 Å². The van der Waals surface area contributed by atoms with Crippen molar-refractivity contribution < 1.29 is 19.1 Å². The number of nitrogens with zero attached hydrogens (tertiary/aromatic N) is 1. The first kappa shape index (κ1) is 16.5. The van der Waals surface area contributed by atoms with Crippen molar-refractivity contribution in [3.63, 3.8) is 0 Å². The minimum atomic E-state index is -0.393. The van der Waals surface area contributed by atoms with Gasteiger partial charge in [0, 0.05) is 18.8 Å². The van der Waals surface area contributed by atoms with E-state index in [1.54, 1.807) is 32.6 Å². The molecule has 1 aromatic heterocycles. The molecule has 1 aliphatic rings. The molecule has 1 aromatic rings. The largest absolute Gasteiger partial charge is 0.459 e. The molecule has 1 N–H and O–H groups in total. The van der Waals surface area contributed by atoms with E-state index in [4.69, 9.17) is 9.47 Å². The zero-order valence-corrected chi connectivity index (χ0v) is 13.9. The minimum Gasteiger partial charge on any atom is -0.459 e. The van der Waals surface area contributed by atoms with Crippen LogP contribution in [-0.4, -0.2) is 53.7 Å². The first-order chi connectivity index (χ1) is 10.3. The summed E-state index contributed by atoms with van der Waals surface area (Å²) in [7, 11) is 0. The quantitative estimate of drug-likeness (QED) is 0.868. The van der Waals surface area contributed by atoms with Crippen LogP contribution in [0.3, 0.4) is 0 Å². The van der Waals surface area contributed by atoms with Gasteiger partial charge in [-0.05, 0) is 40.2 Å². The van der Waals surface area contributed by atoms with E-state index in [2.05, 4.69) is 4.98 Å². The van der Waals surface area contributed by atoms with Crippen LogP contribution in [0.4, 0.5) is 0 Å². The van der Waals surface area contributed by atoms with E-state index in [9.17, 15) is 9.59 Å². The van der Waals surface area contributed by atoms with Crippen molar-refractivity contribution in [2.24, 2.45) is 0 Å². The molecule has 122 valence electrons. The minimum absolute atomic E-state index is 0.0273. The van der Waals surface area contributed by atoms with Gasteiger partial charge in [-0.2, -0.15) is 0 Å². The fourth-order valence-corrected chi connectivity index (χ4v) is 2.70. The Morgan fingerprint density at radius 1 is 1.36 bits per heavy atom. The summed E-state index contributed by atoms with van der Waals surface area (Å²) >= 11 is 0. The Morgan fingerprint density at radius 3 is 2.64 bits per heavy atom. The topological polar surface area (TPSA) is 71.6 Å². The number of hydrogen-bond acceptors (Lipinski definition) is 4. The molecule has 2 heterocycles. The summed E-state index contributed by atoms with van der Waals surface area (Å²) in [5.74, 6) is -0.491. The number of amides is 1. The van der Waals surface area contributed by atoms with Crippen molar-refractivity contribution in [2.75, 3.05) is 19.7 Å². The number of aromatic amines is 1. The summed E-state index contributed by atoms with van der Waals surface area (Å²) in [5.41, 5.74) is 2.22. The third-order valence-corrected chi connectivity index (χ3v) is 3.73. The predicted octanol–water partition coefficient (Wildman–Crippen LogP) is 2.06. The average Bonchev–Trinajstić information content (AvgIpc) is 2.72. The lowest BCUT2D eigenvalue weighted by molar-refractivity contribution is -0.0126. The first-order valence-corrected chi connectivity index (χ1v) is 7.62. The highest BCUT2D eigenvalue weighted by molar-refractivity contribution is 6.00. The van der Waals surface area contributed by atoms with Crippen LogP contribution >= 0.6 is 0 Å². The van der Waals surface area contributed by atoms with Gasteiger partial charge in [0.1, 0.15) is 5.69 Å². The maximum atomic E-state index is 12.7. The van der Waals surface area contributed by atoms with Crippen LogP contribution in [0.5, 0.6) is 0 Å². The summed E-state index contributed by atoms with van der Waals surface area (Å²) in [5, 5.41) is 0. The number of carbonyl (C=O) groups is 2. The van der Waals surface area contributed by atoms with Gasteiger partial charge >= 0.3 is 5.97 Å². The molecule has 0 aliphatic carbocycles. The maximum Gasteiger partial charge on any atom is 0.340 e. The predicted molar refractivity (Wildman–Crippen MR) is 82.1 cm³/mol. The van der Waals surface area contributed by atoms with Crippen LogP contribution in [-0.2, 0) is 9.47 Å². The van der Waals surface area contributed by atoms with Gasteiger partial charge in [0.15, 0.2) is 0 Å². The monoisotopic (exact) mass is 308 g/mol. The number of aromatic nitrogens is 1. The summed E-state index contributed by atoms with van der Waals surface area (Å²) in [4.78, 5) is 29.6. The average molecular weight is 308 g/mol. The van der Waals surface area contributed by atoms with Crippen LogP contribution in [0.25, 0.3) is 0 Å². The molecule has 1 aliphatic heterocycles. The molecule has 1 unspecified atom stereocenters. The summed E-state index contributed by atoms with van der Waals surface area (Å²) in [6.45, 7) is 10.8. The fraction of sp³-hybridized carbons (Fsp3) is 0.625. The lowest BCUT2D eigenvalue weighted by atomic mass is 10.1. The van der Waals surface area contributed by atoms with Crippen molar-refractivity contribution in [3.8, 4) is 0 Å². The molecule has 0 radical (unpaired) electrons. The van der Waals surface area contributed by atoms with Gasteiger partial charge in [-0.25, -0.2) is 4.79 Å². The number of rotatable bonds is 3. The standard InChI is InChI=1S/C16H24N2O4/c1-9(2)22-16(20)13-11(4)14(17-12(13)5)15(19)18-6-7-21-10(3)8-18/h9-10,17H,6-8H2,1-5H3. The molecule has 1 fully saturated rings. The molecule has 22 heavy (non-hydrogen) atoms. The number of nitrogens with one attached hydrogen (secondary N) is 1. The zero-order valence-electron chi connectivity index (χ0n) is 13.9. The summed E-state index contributed by atoms with van der Waals surface area (Å²) in [6.07, 6.45) is -0.167. The van der Waals surface area contributed by atoms with Crippen molar-refractivity contribution in [2.45, 2.75) is 46.8 Å². The van der Waals surface area contributed by atoms with Crippen LogP contribution in [0, 0.1) is 13.8 Å². The van der Waals surface area contributed by atoms with Gasteiger partial charge in [-0.1, -0.05) is 0 Å². The van der Waals surface area contributed by atoms with E-state index in [1.165, 1.54) is 0 Å². The maximum absolute atomic E-state index is 12.7. The van der Waals surface area contributed by atoms with E-state index in [0.29, 0.717) is 42.2 Å². The number of morpholine rings is 1. The van der Waals surface area contributed by atoms with Crippen molar-refractivity contribution in [1.82, 2.24) is 9.88 Å². The van der Waals surface area contributed by atoms with E-state index >= 15 is 0 Å². The Labute approximate surface area is 130 Å². The summed E-state index contributed by atoms with van der Waals surface area (Å²) in [6, 6.07) is 0. The Morgan fingerprint density at radius 2 is 2.05 bits per heavy atom. The smallest absolute Gasteiger partial charge is 0.340 e. The van der Waals surface area contributed by atoms with Gasteiger partial charge in [0.25, 0.3) is 5.91 Å². The number of esters is 1. The molecule has 1 atom stereocenters. The molecule has 2 rings (SSSR count). The van der Waals surface area contributed by atoms with E-state index in [1.807, 2.05) is 6.92 Å². The number of carbonyl (C=O) groups excluding carboxylic acids is 2. The Hall–Kier alpha value is -1.82. The third kappa shape index (κ3) is 3.32. The molecule has 0 bridgehead atoms. The molecule has 1 amide bonds. The number of ether oxygens (including phenoxy) is 2. The lowest BCUT2D eigenvalue weighted by Gasteiger charge is -2.31. The van der Waals surface area contributed by atoms with Crippen LogP contribution in [0.1, 0.15) is 52.9 Å². The second kappa shape index (κ2) is 6.52. The van der Waals surface area contributed by atoms with Crippen molar-refractivity contribution in [3.05, 3.63) is 22.5 Å². The van der Waals surface area contributed by atoms with Crippen molar-refractivity contribution in [1.29, 1.82) is 0 Å². The Kier molecular flexibility index (Phi) is 4.90. The zero-order chi connectivity index (χ0) is 16.4. The summed E-state index contributed by atoms with van der Waals surface area (Å²) < 4.78 is 10.7. The highest BCUT2D eigenvalue weighted by Gasteiger charge is 2.28. The SMILES string of the molecule is Cc1[nH]c(C(=O)N2CCOC(C)C2)c(C)c1C(=O)OC(C)C. The molecular formula is C16H24N2O4. The second-order valence-electron chi connectivity index (χ2n) is 6.01. The molecule has 6 heteroatoms. The Balaban J connectivity index is 2.25. The molecular weight excluding hydrogens is 284 g/mol. The van der Waals surface area contributed by atoms with E-state index < -0.39 is 5.97 Å². The van der Waals surface area contributed by atoms with Crippen molar-refractivity contribution >= 4 is 11.9 Å². The van der Waals surface area contributed by atoms with Crippen LogP contribution in [0.2, 0.25) is 0 Å². The molecule has 0 aromatic carbocycles. The Bertz CT molecular complexity index is 577. The molecule has 0 spiro atoms. The second-order valence-corrected chi connectivity index (χ2v) is 6.01. The van der Waals surface area contributed by atoms with Crippen LogP contribution in [0.15, 0.2) is 0 Å². The number of H-pyrrole nitrogens is 1. The highest BCUT2D eigenvalue weighted by Crippen LogP contribution is 2.21. The van der Waals surface area contributed by atoms with Crippen LogP contribution < -0.4 is 0 Å². The molecule has 1 saturated heterocycles. The van der Waals surface area contributed by atoms with E-state index in [-0.39, 0.29) is 18.1 Å². The third-order valence-electron chi connectivity index (χ3n) is 3.73. The van der Waals surface area contributed by atoms with Gasteiger partial charge in [-0.15, -0.1) is 0 Å². The van der Waals surface area contributed by atoms with Gasteiger partial charge in [-0.3, -0.25) is 4.79 Å². The van der Waals surface area contributed by atoms with Gasteiger partial charge in [0.05, 0.1) is 24.4 Å². The number of aryl methyl sites for hydroxylation is 1. The molecule has 0 saturated carbocycles.